The summed E-state index contributed by atoms with van der Waals surface area (Å²) in [5.41, 5.74) is 5.64. The van der Waals surface area contributed by atoms with Gasteiger partial charge in [-0.3, -0.25) is 4.79 Å². The second-order valence-electron chi connectivity index (χ2n) is 5.71. The minimum atomic E-state index is -0.684. The summed E-state index contributed by atoms with van der Waals surface area (Å²) in [5, 5.41) is 2.50. The summed E-state index contributed by atoms with van der Waals surface area (Å²) >= 11 is 5.12. The topological polar surface area (TPSA) is 81.4 Å². The first-order chi connectivity index (χ1) is 10.1. The predicted octanol–water partition coefficient (Wildman–Crippen LogP) is 2.32. The fourth-order valence-corrected chi connectivity index (χ4v) is 1.93. The van der Waals surface area contributed by atoms with Crippen LogP contribution in [0.5, 0.6) is 0 Å². The Morgan fingerprint density at radius 1 is 1.18 bits per heavy atom. The van der Waals surface area contributed by atoms with Crippen LogP contribution in [-0.2, 0) is 9.53 Å². The summed E-state index contributed by atoms with van der Waals surface area (Å²) in [5.74, 6) is -1.07. The molecule has 6 heteroatoms. The fourth-order valence-electron chi connectivity index (χ4n) is 1.59. The number of ether oxygens (including phenoxy) is 1. The lowest BCUT2D eigenvalue weighted by Gasteiger charge is -2.21. The van der Waals surface area contributed by atoms with Crippen molar-refractivity contribution < 1.29 is 14.3 Å². The van der Waals surface area contributed by atoms with Gasteiger partial charge in [-0.1, -0.05) is 30.4 Å². The molecule has 0 atom stereocenters. The second kappa shape index (κ2) is 7.17. The van der Waals surface area contributed by atoms with Gasteiger partial charge in [-0.15, -0.1) is 0 Å². The number of carbonyl (C=O) groups excluding carboxylic acids is 2. The van der Waals surface area contributed by atoms with E-state index in [2.05, 4.69) is 5.32 Å². The number of allylic oxidation sites excluding steroid dienone is 1. The molecule has 0 fully saturated rings. The van der Waals surface area contributed by atoms with E-state index in [1.807, 2.05) is 0 Å². The van der Waals surface area contributed by atoms with Crippen LogP contribution in [0.3, 0.4) is 0 Å². The van der Waals surface area contributed by atoms with Gasteiger partial charge < -0.3 is 15.8 Å². The quantitative estimate of drug-likeness (QED) is 0.507. The van der Waals surface area contributed by atoms with Gasteiger partial charge in [0, 0.05) is 11.3 Å². The first-order valence-electron chi connectivity index (χ1n) is 6.72. The van der Waals surface area contributed by atoms with Gasteiger partial charge in [-0.25, -0.2) is 4.79 Å². The third-order valence-electron chi connectivity index (χ3n) is 2.49. The maximum atomic E-state index is 12.2. The van der Waals surface area contributed by atoms with Gasteiger partial charge in [-0.2, -0.15) is 0 Å². The lowest BCUT2D eigenvalue weighted by Crippen LogP contribution is -2.36. The third-order valence-corrected chi connectivity index (χ3v) is 2.79. The van der Waals surface area contributed by atoms with Gasteiger partial charge in [0.25, 0.3) is 5.91 Å². The van der Waals surface area contributed by atoms with E-state index < -0.39 is 17.5 Å². The van der Waals surface area contributed by atoms with Crippen molar-refractivity contribution >= 4 is 29.1 Å². The van der Waals surface area contributed by atoms with Crippen LogP contribution in [0.1, 0.15) is 38.1 Å². The van der Waals surface area contributed by atoms with E-state index in [4.69, 9.17) is 22.7 Å². The molecule has 0 radical (unpaired) electrons. The summed E-state index contributed by atoms with van der Waals surface area (Å²) in [7, 11) is 0. The average Bonchev–Trinajstić information content (AvgIpc) is 2.36. The Kier molecular flexibility index (Phi) is 5.82. The molecule has 0 aliphatic rings. The van der Waals surface area contributed by atoms with Crippen LogP contribution in [0.2, 0.25) is 0 Å². The molecule has 3 N–H and O–H groups in total. The summed E-state index contributed by atoms with van der Waals surface area (Å²) < 4.78 is 5.25. The minimum Gasteiger partial charge on any atom is -0.456 e. The molecule has 0 aliphatic heterocycles. The van der Waals surface area contributed by atoms with Crippen LogP contribution in [0.4, 0.5) is 0 Å². The molecule has 0 unspecified atom stereocenters. The first-order valence-corrected chi connectivity index (χ1v) is 7.13. The van der Waals surface area contributed by atoms with Crippen LogP contribution in [0.25, 0.3) is 0 Å². The van der Waals surface area contributed by atoms with Crippen molar-refractivity contribution in [3.05, 3.63) is 47.2 Å². The van der Waals surface area contributed by atoms with Gasteiger partial charge in [0.05, 0.1) is 0 Å². The maximum absolute atomic E-state index is 12.2. The Morgan fingerprint density at radius 3 is 2.18 bits per heavy atom. The predicted molar refractivity (Wildman–Crippen MR) is 89.2 cm³/mol. The van der Waals surface area contributed by atoms with Crippen molar-refractivity contribution in [2.75, 3.05) is 0 Å². The zero-order valence-electron chi connectivity index (χ0n) is 13.1. The van der Waals surface area contributed by atoms with Crippen LogP contribution in [0, 0.1) is 0 Å². The number of hydrogen-bond donors (Lipinski definition) is 2. The van der Waals surface area contributed by atoms with Crippen LogP contribution in [-0.4, -0.2) is 22.5 Å². The third kappa shape index (κ3) is 5.29. The Balaban J connectivity index is 2.91. The molecule has 0 bridgehead atoms. The molecule has 0 heterocycles. The molecule has 1 aromatic rings. The molecule has 118 valence electrons. The molecule has 1 amide bonds. The molecular weight excluding hydrogens is 300 g/mol. The average molecular weight is 320 g/mol. The highest BCUT2D eigenvalue weighted by Gasteiger charge is 2.25. The lowest BCUT2D eigenvalue weighted by atomic mass is 10.1. The first kappa shape index (κ1) is 17.8. The number of hydrogen-bond acceptors (Lipinski definition) is 5. The van der Waals surface area contributed by atoms with E-state index in [0.29, 0.717) is 5.56 Å². The molecular formula is C16H20N2O3S. The summed E-state index contributed by atoms with van der Waals surface area (Å²) in [6.07, 6.45) is 0. The normalized spacial score (nSPS) is 12.2. The number of esters is 1. The SMILES string of the molecule is C/C(N)=C(/C(=O)OC(C)(C)C)C(=S)NC(=O)c1ccccc1. The molecule has 1 rings (SSSR count). The maximum Gasteiger partial charge on any atom is 0.343 e. The van der Waals surface area contributed by atoms with Crippen LogP contribution < -0.4 is 11.1 Å². The molecule has 0 aromatic heterocycles. The van der Waals surface area contributed by atoms with Crippen LogP contribution in [0.15, 0.2) is 41.6 Å². The zero-order chi connectivity index (χ0) is 16.9. The highest BCUT2D eigenvalue weighted by atomic mass is 32.1. The summed E-state index contributed by atoms with van der Waals surface area (Å²) in [4.78, 5) is 24.2. The van der Waals surface area contributed by atoms with Crippen molar-refractivity contribution in [3.8, 4) is 0 Å². The largest absolute Gasteiger partial charge is 0.456 e. The van der Waals surface area contributed by atoms with E-state index in [0.717, 1.165) is 0 Å². The Morgan fingerprint density at radius 2 is 1.73 bits per heavy atom. The Labute approximate surface area is 135 Å². The number of benzene rings is 1. The monoisotopic (exact) mass is 320 g/mol. The van der Waals surface area contributed by atoms with Crippen molar-refractivity contribution in [2.24, 2.45) is 5.73 Å². The van der Waals surface area contributed by atoms with E-state index >= 15 is 0 Å². The smallest absolute Gasteiger partial charge is 0.343 e. The number of nitrogens with two attached hydrogens (primary N) is 1. The molecule has 0 aliphatic carbocycles. The van der Waals surface area contributed by atoms with Crippen molar-refractivity contribution in [1.29, 1.82) is 0 Å². The second-order valence-corrected chi connectivity index (χ2v) is 6.12. The molecule has 0 spiro atoms. The van der Waals surface area contributed by atoms with Crippen LogP contribution >= 0.6 is 12.2 Å². The van der Waals surface area contributed by atoms with E-state index in [1.54, 1.807) is 51.1 Å². The molecule has 1 aromatic carbocycles. The number of amides is 1. The number of nitrogens with one attached hydrogen (secondary N) is 1. The minimum absolute atomic E-state index is 0.00536. The van der Waals surface area contributed by atoms with Gasteiger partial charge in [0.1, 0.15) is 16.2 Å². The number of thiocarbonyl (C=S) groups is 1. The molecule has 5 nitrogen and oxygen atoms in total. The van der Waals surface area contributed by atoms with E-state index in [9.17, 15) is 9.59 Å². The van der Waals surface area contributed by atoms with Crippen molar-refractivity contribution in [3.63, 3.8) is 0 Å². The standard InChI is InChI=1S/C16H20N2O3S/c1-10(17)12(15(20)21-16(2,3)4)14(22)18-13(19)11-8-6-5-7-9-11/h5-9H,17H2,1-4H3,(H,18,19,22)/b12-10-. The fraction of sp³-hybridized carbons (Fsp3) is 0.312. The van der Waals surface area contributed by atoms with Crippen molar-refractivity contribution in [1.82, 2.24) is 5.32 Å². The zero-order valence-corrected chi connectivity index (χ0v) is 13.9. The van der Waals surface area contributed by atoms with E-state index in [-0.39, 0.29) is 16.3 Å². The van der Waals surface area contributed by atoms with Gasteiger partial charge in [0.2, 0.25) is 0 Å². The van der Waals surface area contributed by atoms with Crippen molar-refractivity contribution in [2.45, 2.75) is 33.3 Å². The number of rotatable bonds is 3. The van der Waals surface area contributed by atoms with Gasteiger partial charge in [-0.05, 0) is 39.8 Å². The number of carbonyl (C=O) groups is 2. The summed E-state index contributed by atoms with van der Waals surface area (Å²) in [6, 6.07) is 8.55. The van der Waals surface area contributed by atoms with Gasteiger partial charge >= 0.3 is 5.97 Å². The highest BCUT2D eigenvalue weighted by Crippen LogP contribution is 2.13. The Hall–Kier alpha value is -2.21. The van der Waals surface area contributed by atoms with Gasteiger partial charge in [0.15, 0.2) is 0 Å². The molecule has 0 saturated carbocycles. The molecule has 22 heavy (non-hydrogen) atoms. The highest BCUT2D eigenvalue weighted by molar-refractivity contribution is 7.81. The lowest BCUT2D eigenvalue weighted by molar-refractivity contribution is -0.149. The summed E-state index contributed by atoms with van der Waals surface area (Å²) in [6.45, 7) is 6.74. The van der Waals surface area contributed by atoms with E-state index in [1.165, 1.54) is 6.92 Å². The molecule has 0 saturated heterocycles. The Bertz CT molecular complexity index is 612.